The van der Waals surface area contributed by atoms with E-state index in [2.05, 4.69) is 10.6 Å². The van der Waals surface area contributed by atoms with Gasteiger partial charge in [-0.25, -0.2) is 8.78 Å². The van der Waals surface area contributed by atoms with Crippen molar-refractivity contribution in [2.75, 3.05) is 13.6 Å². The molecule has 1 rings (SSSR count). The minimum absolute atomic E-state index is 0.0125. The number of nitrogens with one attached hydrogen (secondary N) is 2. The van der Waals surface area contributed by atoms with Gasteiger partial charge in [0.15, 0.2) is 0 Å². The Kier molecular flexibility index (Phi) is 5.89. The molecule has 2 N–H and O–H groups in total. The smallest absolute Gasteiger partial charge is 0.221 e. The van der Waals surface area contributed by atoms with E-state index in [-0.39, 0.29) is 11.8 Å². The molecule has 0 radical (unpaired) electrons. The monoisotopic (exact) mass is 270 g/mol. The first-order valence-electron chi connectivity index (χ1n) is 6.34. The molecule has 1 atom stereocenters. The maximum absolute atomic E-state index is 13.8. The van der Waals surface area contributed by atoms with Crippen LogP contribution in [-0.2, 0) is 4.79 Å². The molecule has 0 aliphatic heterocycles. The number of halogens is 2. The second-order valence-corrected chi connectivity index (χ2v) is 4.81. The minimum atomic E-state index is -0.632. The lowest BCUT2D eigenvalue weighted by atomic mass is 9.95. The van der Waals surface area contributed by atoms with Gasteiger partial charge in [-0.05, 0) is 19.0 Å². The summed E-state index contributed by atoms with van der Waals surface area (Å²) in [4.78, 5) is 11.7. The maximum Gasteiger partial charge on any atom is 0.221 e. The number of amides is 1. The number of carbonyl (C=O) groups excluding carboxylic acids is 1. The molecule has 106 valence electrons. The van der Waals surface area contributed by atoms with Gasteiger partial charge in [-0.1, -0.05) is 19.9 Å². The van der Waals surface area contributed by atoms with E-state index in [0.29, 0.717) is 18.5 Å². The third-order valence-electron chi connectivity index (χ3n) is 2.88. The molecular formula is C14H20F2N2O. The normalized spacial score (nSPS) is 12.5. The van der Waals surface area contributed by atoms with Crippen molar-refractivity contribution in [3.63, 3.8) is 0 Å². The predicted molar refractivity (Wildman–Crippen MR) is 70.6 cm³/mol. The Bertz CT molecular complexity index is 435. The summed E-state index contributed by atoms with van der Waals surface area (Å²) >= 11 is 0. The SMILES string of the molecule is CNCCC(=O)NC(c1ccc(F)cc1F)C(C)C. The fourth-order valence-electron chi connectivity index (χ4n) is 1.84. The first kappa shape index (κ1) is 15.6. The Morgan fingerprint density at radius 1 is 1.32 bits per heavy atom. The van der Waals surface area contributed by atoms with Crippen LogP contribution >= 0.6 is 0 Å². The largest absolute Gasteiger partial charge is 0.349 e. The summed E-state index contributed by atoms with van der Waals surface area (Å²) in [6.07, 6.45) is 0.322. The van der Waals surface area contributed by atoms with Crippen LogP contribution in [0.4, 0.5) is 8.78 Å². The molecule has 0 aliphatic carbocycles. The van der Waals surface area contributed by atoms with Gasteiger partial charge in [0.25, 0.3) is 0 Å². The van der Waals surface area contributed by atoms with Crippen LogP contribution in [0.3, 0.4) is 0 Å². The highest BCUT2D eigenvalue weighted by Gasteiger charge is 2.21. The fourth-order valence-corrected chi connectivity index (χ4v) is 1.84. The number of rotatable bonds is 6. The van der Waals surface area contributed by atoms with E-state index in [1.807, 2.05) is 13.8 Å². The summed E-state index contributed by atoms with van der Waals surface area (Å²) in [5.74, 6) is -1.40. The highest BCUT2D eigenvalue weighted by Crippen LogP contribution is 2.24. The standard InChI is InChI=1S/C14H20F2N2O/c1-9(2)14(18-13(19)6-7-17-3)11-5-4-10(15)8-12(11)16/h4-5,8-9,14,17H,6-7H2,1-3H3,(H,18,19). The fraction of sp³-hybridized carbons (Fsp3) is 0.500. The van der Waals surface area contributed by atoms with Crippen LogP contribution in [0.25, 0.3) is 0 Å². The van der Waals surface area contributed by atoms with Crippen molar-refractivity contribution in [3.8, 4) is 0 Å². The lowest BCUT2D eigenvalue weighted by Crippen LogP contribution is -2.33. The summed E-state index contributed by atoms with van der Waals surface area (Å²) in [5, 5.41) is 5.66. The molecule has 3 nitrogen and oxygen atoms in total. The second kappa shape index (κ2) is 7.19. The molecule has 0 bridgehead atoms. The molecular weight excluding hydrogens is 250 g/mol. The van der Waals surface area contributed by atoms with Crippen molar-refractivity contribution in [2.45, 2.75) is 26.3 Å². The Morgan fingerprint density at radius 2 is 2.00 bits per heavy atom. The second-order valence-electron chi connectivity index (χ2n) is 4.81. The molecule has 0 aromatic heterocycles. The molecule has 1 aromatic rings. The lowest BCUT2D eigenvalue weighted by molar-refractivity contribution is -0.122. The molecule has 0 aliphatic rings. The molecule has 0 heterocycles. The van der Waals surface area contributed by atoms with Crippen molar-refractivity contribution < 1.29 is 13.6 Å². The molecule has 0 spiro atoms. The topological polar surface area (TPSA) is 41.1 Å². The van der Waals surface area contributed by atoms with E-state index < -0.39 is 17.7 Å². The molecule has 0 fully saturated rings. The number of carbonyl (C=O) groups is 1. The highest BCUT2D eigenvalue weighted by atomic mass is 19.1. The van der Waals surface area contributed by atoms with Crippen LogP contribution in [0.15, 0.2) is 18.2 Å². The Morgan fingerprint density at radius 3 is 2.53 bits per heavy atom. The first-order valence-corrected chi connectivity index (χ1v) is 6.34. The van der Waals surface area contributed by atoms with Crippen LogP contribution in [0.1, 0.15) is 31.9 Å². The van der Waals surface area contributed by atoms with Crippen molar-refractivity contribution in [2.24, 2.45) is 5.92 Å². The highest BCUT2D eigenvalue weighted by molar-refractivity contribution is 5.76. The molecule has 5 heteroatoms. The van der Waals surface area contributed by atoms with Gasteiger partial charge in [0.05, 0.1) is 6.04 Å². The van der Waals surface area contributed by atoms with Gasteiger partial charge in [-0.3, -0.25) is 4.79 Å². The van der Waals surface area contributed by atoms with Gasteiger partial charge < -0.3 is 10.6 Å². The average molecular weight is 270 g/mol. The summed E-state index contributed by atoms with van der Waals surface area (Å²) in [7, 11) is 1.76. The molecule has 0 saturated heterocycles. The van der Waals surface area contributed by atoms with Crippen LogP contribution in [0.2, 0.25) is 0 Å². The lowest BCUT2D eigenvalue weighted by Gasteiger charge is -2.23. The van der Waals surface area contributed by atoms with Crippen molar-refractivity contribution in [1.82, 2.24) is 10.6 Å². The van der Waals surface area contributed by atoms with E-state index in [9.17, 15) is 13.6 Å². The molecule has 0 saturated carbocycles. The Hall–Kier alpha value is -1.49. The summed E-state index contributed by atoms with van der Waals surface area (Å²) in [6.45, 7) is 4.32. The van der Waals surface area contributed by atoms with Crippen LogP contribution in [-0.4, -0.2) is 19.5 Å². The Labute approximate surface area is 112 Å². The third-order valence-corrected chi connectivity index (χ3v) is 2.88. The van der Waals surface area contributed by atoms with E-state index in [0.717, 1.165) is 6.07 Å². The molecule has 1 amide bonds. The van der Waals surface area contributed by atoms with Crippen LogP contribution < -0.4 is 10.6 Å². The van der Waals surface area contributed by atoms with Gasteiger partial charge in [-0.2, -0.15) is 0 Å². The van der Waals surface area contributed by atoms with Gasteiger partial charge >= 0.3 is 0 Å². The third kappa shape index (κ3) is 4.59. The minimum Gasteiger partial charge on any atom is -0.349 e. The van der Waals surface area contributed by atoms with Gasteiger partial charge in [0, 0.05) is 24.6 Å². The number of hydrogen-bond acceptors (Lipinski definition) is 2. The number of benzene rings is 1. The van der Waals surface area contributed by atoms with E-state index in [1.165, 1.54) is 12.1 Å². The van der Waals surface area contributed by atoms with Gasteiger partial charge in [0.2, 0.25) is 5.91 Å². The van der Waals surface area contributed by atoms with Gasteiger partial charge in [-0.15, -0.1) is 0 Å². The van der Waals surface area contributed by atoms with Crippen molar-refractivity contribution in [1.29, 1.82) is 0 Å². The Balaban J connectivity index is 2.85. The van der Waals surface area contributed by atoms with Gasteiger partial charge in [0.1, 0.15) is 11.6 Å². The molecule has 1 aromatic carbocycles. The van der Waals surface area contributed by atoms with Crippen molar-refractivity contribution in [3.05, 3.63) is 35.4 Å². The number of hydrogen-bond donors (Lipinski definition) is 2. The quantitative estimate of drug-likeness (QED) is 0.833. The van der Waals surface area contributed by atoms with Crippen LogP contribution in [0, 0.1) is 17.6 Å². The predicted octanol–water partition coefficient (Wildman–Crippen LogP) is 2.39. The van der Waals surface area contributed by atoms with Crippen LogP contribution in [0.5, 0.6) is 0 Å². The maximum atomic E-state index is 13.8. The van der Waals surface area contributed by atoms with E-state index >= 15 is 0 Å². The average Bonchev–Trinajstić information content (AvgIpc) is 2.34. The van der Waals surface area contributed by atoms with E-state index in [4.69, 9.17) is 0 Å². The van der Waals surface area contributed by atoms with E-state index in [1.54, 1.807) is 7.05 Å². The van der Waals surface area contributed by atoms with Crippen molar-refractivity contribution >= 4 is 5.91 Å². The summed E-state index contributed by atoms with van der Waals surface area (Å²) < 4.78 is 26.7. The molecule has 19 heavy (non-hydrogen) atoms. The molecule has 1 unspecified atom stereocenters. The first-order chi connectivity index (χ1) is 8.95. The zero-order chi connectivity index (χ0) is 14.4. The summed E-state index contributed by atoms with van der Waals surface area (Å²) in [5.41, 5.74) is 0.314. The zero-order valence-corrected chi connectivity index (χ0v) is 11.5. The summed E-state index contributed by atoms with van der Waals surface area (Å²) in [6, 6.07) is 2.97. The zero-order valence-electron chi connectivity index (χ0n) is 11.5.